The Morgan fingerprint density at radius 2 is 1.02 bits per heavy atom. The minimum absolute atomic E-state index is 0.0517. The third kappa shape index (κ3) is 6.25. The SMILES string of the molecule is CC(C)C1=CC2=CCC3[C@](C)(CCC[C@]3(C)C(=O)OC(=O)C=CC(=O)OC(=O)[C@@]3(C)CCC[C@@]4(C)C3CC=C3C=C(C(C)C)CC[C@H]34)[C@@H]2CC1. The van der Waals surface area contributed by atoms with Crippen LogP contribution in [0.3, 0.4) is 0 Å². The van der Waals surface area contributed by atoms with Crippen molar-refractivity contribution in [2.75, 3.05) is 0 Å². The summed E-state index contributed by atoms with van der Waals surface area (Å²) in [5.41, 5.74) is 4.10. The Balaban J connectivity index is 1.09. The molecule has 0 aromatic rings. The molecule has 0 aromatic heterocycles. The van der Waals surface area contributed by atoms with Gasteiger partial charge in [-0.25, -0.2) is 9.59 Å². The van der Waals surface area contributed by atoms with E-state index in [9.17, 15) is 19.2 Å². The fraction of sp³-hybridized carbons (Fsp3) is 0.682. The molecule has 0 radical (unpaired) electrons. The van der Waals surface area contributed by atoms with Crippen LogP contribution in [0.25, 0.3) is 0 Å². The number of carbonyl (C=O) groups is 4. The van der Waals surface area contributed by atoms with E-state index in [1.807, 2.05) is 13.8 Å². The van der Waals surface area contributed by atoms with E-state index in [-0.39, 0.29) is 22.7 Å². The van der Waals surface area contributed by atoms with Gasteiger partial charge < -0.3 is 9.47 Å². The second-order valence-corrected chi connectivity index (χ2v) is 18.2. The van der Waals surface area contributed by atoms with Crippen molar-refractivity contribution in [1.29, 1.82) is 0 Å². The Bertz CT molecular complexity index is 1470. The molecule has 6 aliphatic rings. The van der Waals surface area contributed by atoms with Crippen LogP contribution >= 0.6 is 0 Å². The van der Waals surface area contributed by atoms with E-state index >= 15 is 0 Å². The minimum Gasteiger partial charge on any atom is -0.389 e. The molecule has 0 aromatic carbocycles. The maximum atomic E-state index is 13.7. The molecule has 2 saturated carbocycles. The molecule has 8 atom stereocenters. The molecule has 0 bridgehead atoms. The number of allylic oxidation sites excluding steroid dienone is 8. The molecule has 6 nitrogen and oxygen atoms in total. The highest BCUT2D eigenvalue weighted by atomic mass is 16.6. The summed E-state index contributed by atoms with van der Waals surface area (Å²) < 4.78 is 10.8. The smallest absolute Gasteiger partial charge is 0.338 e. The molecular weight excluding hydrogens is 624 g/mol. The van der Waals surface area contributed by atoms with E-state index in [2.05, 4.69) is 65.8 Å². The number of rotatable bonds is 6. The van der Waals surface area contributed by atoms with Gasteiger partial charge in [0.05, 0.1) is 10.8 Å². The number of esters is 4. The predicted molar refractivity (Wildman–Crippen MR) is 195 cm³/mol. The first-order chi connectivity index (χ1) is 23.5. The van der Waals surface area contributed by atoms with Gasteiger partial charge in [-0.15, -0.1) is 0 Å². The van der Waals surface area contributed by atoms with E-state index in [0.717, 1.165) is 76.4 Å². The number of ether oxygens (including phenoxy) is 2. The Labute approximate surface area is 300 Å². The lowest BCUT2D eigenvalue weighted by molar-refractivity contribution is -0.176. The fourth-order valence-corrected chi connectivity index (χ4v) is 11.8. The molecule has 0 heterocycles. The van der Waals surface area contributed by atoms with Crippen LogP contribution in [0.2, 0.25) is 0 Å². The third-order valence-corrected chi connectivity index (χ3v) is 14.8. The summed E-state index contributed by atoms with van der Waals surface area (Å²) >= 11 is 0. The summed E-state index contributed by atoms with van der Waals surface area (Å²) in [6.45, 7) is 17.6. The van der Waals surface area contributed by atoms with Gasteiger partial charge in [-0.1, -0.05) is 89.8 Å². The monoisotopic (exact) mass is 684 g/mol. The molecular formula is C44H60O6. The molecule has 0 saturated heterocycles. The van der Waals surface area contributed by atoms with Crippen LogP contribution in [0.5, 0.6) is 0 Å². The zero-order valence-corrected chi connectivity index (χ0v) is 31.9. The van der Waals surface area contributed by atoms with Crippen LogP contribution in [0, 0.1) is 57.2 Å². The van der Waals surface area contributed by atoms with Gasteiger partial charge in [-0.2, -0.15) is 0 Å². The number of hydrogen-bond acceptors (Lipinski definition) is 6. The maximum absolute atomic E-state index is 13.7. The number of carbonyl (C=O) groups excluding carboxylic acids is 4. The van der Waals surface area contributed by atoms with Crippen molar-refractivity contribution in [2.45, 2.75) is 132 Å². The van der Waals surface area contributed by atoms with Crippen LogP contribution in [0.4, 0.5) is 0 Å². The van der Waals surface area contributed by atoms with Crippen molar-refractivity contribution in [3.05, 3.63) is 58.7 Å². The number of fused-ring (bicyclic) bond motifs is 6. The quantitative estimate of drug-likeness (QED) is 0.157. The van der Waals surface area contributed by atoms with Crippen LogP contribution in [0.1, 0.15) is 132 Å². The molecule has 0 spiro atoms. The Kier molecular flexibility index (Phi) is 9.93. The fourth-order valence-electron chi connectivity index (χ4n) is 11.8. The minimum atomic E-state index is -0.908. The highest BCUT2D eigenvalue weighted by Crippen LogP contribution is 2.64. The molecule has 6 aliphatic carbocycles. The van der Waals surface area contributed by atoms with E-state index in [1.54, 1.807) is 0 Å². The average Bonchev–Trinajstić information content (AvgIpc) is 3.06. The van der Waals surface area contributed by atoms with Crippen LogP contribution < -0.4 is 0 Å². The van der Waals surface area contributed by atoms with Crippen molar-refractivity contribution in [2.24, 2.45) is 57.2 Å². The molecule has 0 N–H and O–H groups in total. The maximum Gasteiger partial charge on any atom is 0.338 e. The molecule has 2 fully saturated rings. The zero-order valence-electron chi connectivity index (χ0n) is 31.9. The first-order valence-corrected chi connectivity index (χ1v) is 19.5. The topological polar surface area (TPSA) is 86.7 Å². The Hall–Kier alpha value is -3.02. The Morgan fingerprint density at radius 3 is 1.38 bits per heavy atom. The van der Waals surface area contributed by atoms with Crippen LogP contribution in [-0.2, 0) is 28.7 Å². The van der Waals surface area contributed by atoms with E-state index < -0.39 is 34.7 Å². The summed E-state index contributed by atoms with van der Waals surface area (Å²) in [6.07, 6.45) is 22.4. The zero-order chi connectivity index (χ0) is 36.2. The van der Waals surface area contributed by atoms with Gasteiger partial charge in [0.15, 0.2) is 0 Å². The van der Waals surface area contributed by atoms with Gasteiger partial charge in [0.2, 0.25) is 0 Å². The highest BCUT2D eigenvalue weighted by molar-refractivity contribution is 6.00. The van der Waals surface area contributed by atoms with Gasteiger partial charge >= 0.3 is 23.9 Å². The molecule has 50 heavy (non-hydrogen) atoms. The summed E-state index contributed by atoms with van der Waals surface area (Å²) in [6, 6.07) is 0. The molecule has 6 heteroatoms. The second kappa shape index (κ2) is 13.5. The normalized spacial score (nSPS) is 38.0. The van der Waals surface area contributed by atoms with Crippen LogP contribution in [-0.4, -0.2) is 23.9 Å². The second-order valence-electron chi connectivity index (χ2n) is 18.2. The third-order valence-electron chi connectivity index (χ3n) is 14.8. The summed E-state index contributed by atoms with van der Waals surface area (Å²) in [5, 5.41) is 0. The molecule has 0 amide bonds. The van der Waals surface area contributed by atoms with Crippen molar-refractivity contribution >= 4 is 23.9 Å². The van der Waals surface area contributed by atoms with E-state index in [1.165, 1.54) is 22.3 Å². The van der Waals surface area contributed by atoms with Crippen molar-refractivity contribution in [3.8, 4) is 0 Å². The van der Waals surface area contributed by atoms with E-state index in [0.29, 0.717) is 36.5 Å². The van der Waals surface area contributed by atoms with Gasteiger partial charge in [0.1, 0.15) is 0 Å². The standard InChI is InChI=1S/C44H60O6/c1-27(2)29-11-15-33-31(25-29)13-17-35-41(33,5)21-9-23-43(35,7)39(47)49-37(45)19-20-38(46)50-40(48)44(8)24-10-22-42(6)34-16-12-30(28(3)4)26-32(34)14-18-36(42)44/h13-14,19-20,25-28,33-36H,9-12,15-18,21-24H2,1-8H3/t33-,34-,35?,36?,41-,42-,43+,44+/m1/s1. The van der Waals surface area contributed by atoms with Crippen molar-refractivity contribution in [3.63, 3.8) is 0 Å². The molecule has 272 valence electrons. The van der Waals surface area contributed by atoms with Gasteiger partial charge in [-0.05, 0) is 136 Å². The first kappa shape index (κ1) is 36.8. The largest absolute Gasteiger partial charge is 0.389 e. The van der Waals surface area contributed by atoms with Gasteiger partial charge in [-0.3, -0.25) is 9.59 Å². The lowest BCUT2D eigenvalue weighted by atomic mass is 9.47. The summed E-state index contributed by atoms with van der Waals surface area (Å²) in [5.74, 6) is -0.899. The predicted octanol–water partition coefficient (Wildman–Crippen LogP) is 9.95. The van der Waals surface area contributed by atoms with Crippen LogP contribution in [0.15, 0.2) is 58.7 Å². The van der Waals surface area contributed by atoms with Crippen molar-refractivity contribution < 1.29 is 28.7 Å². The lowest BCUT2D eigenvalue weighted by Crippen LogP contribution is -2.53. The Morgan fingerprint density at radius 1 is 0.640 bits per heavy atom. The number of hydrogen-bond donors (Lipinski definition) is 0. The molecule has 2 unspecified atom stereocenters. The van der Waals surface area contributed by atoms with E-state index in [4.69, 9.17) is 9.47 Å². The highest BCUT2D eigenvalue weighted by Gasteiger charge is 2.59. The lowest BCUT2D eigenvalue weighted by Gasteiger charge is -2.57. The summed E-state index contributed by atoms with van der Waals surface area (Å²) in [7, 11) is 0. The van der Waals surface area contributed by atoms with Gasteiger partial charge in [0, 0.05) is 12.2 Å². The summed E-state index contributed by atoms with van der Waals surface area (Å²) in [4.78, 5) is 53.3. The molecule has 6 rings (SSSR count). The van der Waals surface area contributed by atoms with Crippen molar-refractivity contribution in [1.82, 2.24) is 0 Å². The van der Waals surface area contributed by atoms with Gasteiger partial charge in [0.25, 0.3) is 0 Å². The molecule has 0 aliphatic heterocycles. The average molecular weight is 685 g/mol. The first-order valence-electron chi connectivity index (χ1n) is 19.5.